The van der Waals surface area contributed by atoms with Crippen LogP contribution in [0.2, 0.25) is 0 Å². The fraction of sp³-hybridized carbons (Fsp3) is 0.467. The van der Waals surface area contributed by atoms with Gasteiger partial charge in [-0.15, -0.1) is 0 Å². The topological polar surface area (TPSA) is 46.6 Å². The zero-order chi connectivity index (χ0) is 13.8. The molecular weight excluding hydrogens is 242 g/mol. The summed E-state index contributed by atoms with van der Waals surface area (Å²) < 4.78 is 5.00. The average Bonchev–Trinajstić information content (AvgIpc) is 2.43. The first kappa shape index (κ1) is 13.6. The summed E-state index contributed by atoms with van der Waals surface area (Å²) in [4.78, 5) is 25.2. The van der Waals surface area contributed by atoms with Crippen LogP contribution in [0.3, 0.4) is 0 Å². The number of anilines is 1. The molecule has 0 aromatic heterocycles. The highest BCUT2D eigenvalue weighted by Gasteiger charge is 2.23. The van der Waals surface area contributed by atoms with Gasteiger partial charge in [0.2, 0.25) is 0 Å². The van der Waals surface area contributed by atoms with E-state index in [0.29, 0.717) is 6.54 Å². The van der Waals surface area contributed by atoms with Crippen molar-refractivity contribution >= 4 is 17.6 Å². The van der Waals surface area contributed by atoms with Crippen molar-refractivity contribution in [3.8, 4) is 0 Å². The van der Waals surface area contributed by atoms with Crippen LogP contribution in [0.15, 0.2) is 24.3 Å². The van der Waals surface area contributed by atoms with E-state index in [2.05, 4.69) is 0 Å². The highest BCUT2D eigenvalue weighted by Crippen LogP contribution is 2.26. The van der Waals surface area contributed by atoms with Crippen LogP contribution in [0.5, 0.6) is 0 Å². The highest BCUT2D eigenvalue weighted by atomic mass is 16.5. The molecule has 1 amide bonds. The van der Waals surface area contributed by atoms with Crippen molar-refractivity contribution in [3.05, 3.63) is 29.8 Å². The molecule has 0 saturated carbocycles. The Morgan fingerprint density at radius 2 is 2.05 bits per heavy atom. The summed E-state index contributed by atoms with van der Waals surface area (Å²) in [5, 5.41) is 0. The van der Waals surface area contributed by atoms with E-state index in [9.17, 15) is 9.59 Å². The fourth-order valence-electron chi connectivity index (χ4n) is 2.17. The molecule has 4 nitrogen and oxygen atoms in total. The summed E-state index contributed by atoms with van der Waals surface area (Å²) >= 11 is 0. The Kier molecular flexibility index (Phi) is 4.20. The number of carbonyl (C=O) groups excluding carboxylic acids is 2. The molecule has 102 valence electrons. The molecule has 0 radical (unpaired) electrons. The number of benzene rings is 1. The lowest BCUT2D eigenvalue weighted by atomic mass is 10.0. The van der Waals surface area contributed by atoms with Gasteiger partial charge in [-0.05, 0) is 24.5 Å². The monoisotopic (exact) mass is 261 g/mol. The lowest BCUT2D eigenvalue weighted by molar-refractivity contribution is -0.151. The first-order valence-electron chi connectivity index (χ1n) is 6.64. The van der Waals surface area contributed by atoms with Crippen molar-refractivity contribution in [2.24, 2.45) is 5.92 Å². The van der Waals surface area contributed by atoms with Crippen LogP contribution in [0.4, 0.5) is 5.69 Å². The normalized spacial score (nSPS) is 14.2. The number of para-hydroxylation sites is 1. The van der Waals surface area contributed by atoms with Crippen LogP contribution in [-0.4, -0.2) is 25.0 Å². The van der Waals surface area contributed by atoms with Gasteiger partial charge in [-0.2, -0.15) is 0 Å². The summed E-state index contributed by atoms with van der Waals surface area (Å²) in [5.74, 6) is -0.693. The lowest BCUT2D eigenvalue weighted by Gasteiger charge is -2.29. The van der Waals surface area contributed by atoms with Gasteiger partial charge in [0, 0.05) is 12.2 Å². The van der Waals surface area contributed by atoms with Crippen LogP contribution in [0.25, 0.3) is 0 Å². The van der Waals surface area contributed by atoms with E-state index in [0.717, 1.165) is 18.5 Å². The van der Waals surface area contributed by atoms with E-state index in [4.69, 9.17) is 4.74 Å². The second kappa shape index (κ2) is 5.87. The van der Waals surface area contributed by atoms with E-state index < -0.39 is 0 Å². The highest BCUT2D eigenvalue weighted by molar-refractivity contribution is 5.96. The van der Waals surface area contributed by atoms with Gasteiger partial charge >= 0.3 is 5.97 Å². The largest absolute Gasteiger partial charge is 0.455 e. The predicted molar refractivity (Wildman–Crippen MR) is 72.9 cm³/mol. The van der Waals surface area contributed by atoms with Gasteiger partial charge in [0.1, 0.15) is 0 Å². The summed E-state index contributed by atoms with van der Waals surface area (Å²) in [5.41, 5.74) is 2.12. The van der Waals surface area contributed by atoms with Gasteiger partial charge in [0.15, 0.2) is 6.61 Å². The third kappa shape index (κ3) is 3.13. The second-order valence-electron chi connectivity index (χ2n) is 5.04. The SMILES string of the molecule is CC(C)C(=O)OCC(=O)N1CCCc2ccccc21. The molecule has 1 heterocycles. The van der Waals surface area contributed by atoms with Crippen molar-refractivity contribution in [2.75, 3.05) is 18.1 Å². The predicted octanol–water partition coefficient (Wildman–Crippen LogP) is 2.17. The van der Waals surface area contributed by atoms with Gasteiger partial charge in [-0.3, -0.25) is 9.59 Å². The summed E-state index contributed by atoms with van der Waals surface area (Å²) in [6, 6.07) is 7.88. The Morgan fingerprint density at radius 1 is 1.32 bits per heavy atom. The van der Waals surface area contributed by atoms with Crippen LogP contribution >= 0.6 is 0 Å². The molecular formula is C15H19NO3. The first-order chi connectivity index (χ1) is 9.09. The van der Waals surface area contributed by atoms with Crippen molar-refractivity contribution in [1.82, 2.24) is 0 Å². The van der Waals surface area contributed by atoms with Crippen LogP contribution in [0.1, 0.15) is 25.8 Å². The van der Waals surface area contributed by atoms with Crippen molar-refractivity contribution in [1.29, 1.82) is 0 Å². The number of carbonyl (C=O) groups is 2. The molecule has 4 heteroatoms. The number of amides is 1. The molecule has 0 aliphatic carbocycles. The third-order valence-electron chi connectivity index (χ3n) is 3.22. The molecule has 1 aromatic carbocycles. The van der Waals surface area contributed by atoms with Gasteiger partial charge in [-0.1, -0.05) is 32.0 Å². The zero-order valence-corrected chi connectivity index (χ0v) is 11.4. The van der Waals surface area contributed by atoms with E-state index in [1.54, 1.807) is 18.7 Å². The molecule has 0 N–H and O–H groups in total. The Hall–Kier alpha value is -1.84. The Bertz CT molecular complexity index is 482. The summed E-state index contributed by atoms with van der Waals surface area (Å²) in [7, 11) is 0. The molecule has 1 aliphatic rings. The molecule has 0 bridgehead atoms. The molecule has 19 heavy (non-hydrogen) atoms. The Balaban J connectivity index is 2.03. The van der Waals surface area contributed by atoms with Gasteiger partial charge in [-0.25, -0.2) is 0 Å². The maximum Gasteiger partial charge on any atom is 0.308 e. The lowest BCUT2D eigenvalue weighted by Crippen LogP contribution is -2.38. The minimum absolute atomic E-state index is 0.152. The number of rotatable bonds is 3. The molecule has 0 unspecified atom stereocenters. The minimum Gasteiger partial charge on any atom is -0.455 e. The second-order valence-corrected chi connectivity index (χ2v) is 5.04. The van der Waals surface area contributed by atoms with Gasteiger partial charge in [0.25, 0.3) is 5.91 Å². The number of nitrogens with zero attached hydrogens (tertiary/aromatic N) is 1. The average molecular weight is 261 g/mol. The summed E-state index contributed by atoms with van der Waals surface area (Å²) in [6.07, 6.45) is 1.94. The van der Waals surface area contributed by atoms with E-state index >= 15 is 0 Å². The molecule has 2 rings (SSSR count). The Morgan fingerprint density at radius 3 is 2.79 bits per heavy atom. The Labute approximate surface area is 113 Å². The number of hydrogen-bond donors (Lipinski definition) is 0. The van der Waals surface area contributed by atoms with Crippen LogP contribution in [0, 0.1) is 5.92 Å². The van der Waals surface area contributed by atoms with E-state index in [-0.39, 0.29) is 24.4 Å². The van der Waals surface area contributed by atoms with Gasteiger partial charge in [0.05, 0.1) is 5.92 Å². The number of esters is 1. The standard InChI is InChI=1S/C15H19NO3/c1-11(2)15(18)19-10-14(17)16-9-5-7-12-6-3-4-8-13(12)16/h3-4,6,8,11H,5,7,9-10H2,1-2H3. The van der Waals surface area contributed by atoms with Crippen molar-refractivity contribution < 1.29 is 14.3 Å². The third-order valence-corrected chi connectivity index (χ3v) is 3.22. The molecule has 0 spiro atoms. The smallest absolute Gasteiger partial charge is 0.308 e. The first-order valence-corrected chi connectivity index (χ1v) is 6.64. The molecule has 1 aliphatic heterocycles. The van der Waals surface area contributed by atoms with Crippen molar-refractivity contribution in [3.63, 3.8) is 0 Å². The van der Waals surface area contributed by atoms with Crippen LogP contribution in [-0.2, 0) is 20.7 Å². The molecule has 0 saturated heterocycles. The fourth-order valence-corrected chi connectivity index (χ4v) is 2.17. The summed E-state index contributed by atoms with van der Waals surface area (Å²) in [6.45, 7) is 4.02. The minimum atomic E-state index is -0.335. The molecule has 1 aromatic rings. The number of aryl methyl sites for hydroxylation is 1. The zero-order valence-electron chi connectivity index (χ0n) is 11.4. The maximum atomic E-state index is 12.1. The number of hydrogen-bond acceptors (Lipinski definition) is 3. The van der Waals surface area contributed by atoms with Crippen molar-refractivity contribution in [2.45, 2.75) is 26.7 Å². The number of ether oxygens (including phenoxy) is 1. The quantitative estimate of drug-likeness (QED) is 0.783. The van der Waals surface area contributed by atoms with E-state index in [1.165, 1.54) is 5.56 Å². The number of fused-ring (bicyclic) bond motifs is 1. The van der Waals surface area contributed by atoms with Gasteiger partial charge < -0.3 is 9.64 Å². The molecule has 0 atom stereocenters. The maximum absolute atomic E-state index is 12.1. The van der Waals surface area contributed by atoms with Crippen LogP contribution < -0.4 is 4.90 Å². The molecule has 0 fully saturated rings. The van der Waals surface area contributed by atoms with E-state index in [1.807, 2.05) is 24.3 Å².